The van der Waals surface area contributed by atoms with E-state index in [9.17, 15) is 0 Å². The molecule has 2 aromatic carbocycles. The molecule has 0 atom stereocenters. The molecule has 0 saturated heterocycles. The molecule has 0 spiro atoms. The third kappa shape index (κ3) is 2.31. The molecule has 1 aromatic heterocycles. The number of fused-ring (bicyclic) bond motifs is 1. The lowest BCUT2D eigenvalue weighted by molar-refractivity contribution is 0.544. The maximum absolute atomic E-state index is 5.77. The predicted octanol–water partition coefficient (Wildman–Crippen LogP) is 4.49. The van der Waals surface area contributed by atoms with Crippen molar-refractivity contribution in [1.29, 1.82) is 0 Å². The van der Waals surface area contributed by atoms with Crippen molar-refractivity contribution < 1.29 is 4.42 Å². The third-order valence-electron chi connectivity index (χ3n) is 2.83. The van der Waals surface area contributed by atoms with E-state index in [1.54, 1.807) is 0 Å². The molecule has 0 amide bonds. The van der Waals surface area contributed by atoms with Gasteiger partial charge in [-0.15, -0.1) is 0 Å². The van der Waals surface area contributed by atoms with Crippen LogP contribution in [0, 0.1) is 6.92 Å². The SMILES string of the molecule is Cc1ccc2nc(Cc3cccc(Br)c3)oc2c1. The molecule has 0 saturated carbocycles. The van der Waals surface area contributed by atoms with Gasteiger partial charge >= 0.3 is 0 Å². The molecule has 0 radical (unpaired) electrons. The molecule has 0 unspecified atom stereocenters. The average Bonchev–Trinajstić information content (AvgIpc) is 2.70. The molecule has 1 heterocycles. The van der Waals surface area contributed by atoms with Crippen LogP contribution in [0.4, 0.5) is 0 Å². The number of aromatic nitrogens is 1. The van der Waals surface area contributed by atoms with Crippen LogP contribution in [0.5, 0.6) is 0 Å². The van der Waals surface area contributed by atoms with Crippen molar-refractivity contribution >= 4 is 27.0 Å². The number of nitrogens with zero attached hydrogens (tertiary/aromatic N) is 1. The zero-order valence-electron chi connectivity index (χ0n) is 9.98. The summed E-state index contributed by atoms with van der Waals surface area (Å²) in [5, 5.41) is 0. The van der Waals surface area contributed by atoms with Crippen LogP contribution < -0.4 is 0 Å². The Balaban J connectivity index is 1.95. The normalized spacial score (nSPS) is 11.0. The van der Waals surface area contributed by atoms with Crippen LogP contribution in [0.3, 0.4) is 0 Å². The van der Waals surface area contributed by atoms with Crippen molar-refractivity contribution in [3.8, 4) is 0 Å². The van der Waals surface area contributed by atoms with Crippen molar-refractivity contribution in [1.82, 2.24) is 4.98 Å². The number of hydrogen-bond donors (Lipinski definition) is 0. The Bertz CT molecular complexity index is 703. The fourth-order valence-electron chi connectivity index (χ4n) is 1.98. The van der Waals surface area contributed by atoms with Crippen molar-refractivity contribution in [2.45, 2.75) is 13.3 Å². The van der Waals surface area contributed by atoms with E-state index in [1.165, 1.54) is 11.1 Å². The molecule has 0 aliphatic rings. The van der Waals surface area contributed by atoms with E-state index in [0.717, 1.165) is 21.5 Å². The summed E-state index contributed by atoms with van der Waals surface area (Å²) in [5.41, 5.74) is 4.16. The first kappa shape index (κ1) is 11.5. The highest BCUT2D eigenvalue weighted by atomic mass is 79.9. The van der Waals surface area contributed by atoms with E-state index >= 15 is 0 Å². The van der Waals surface area contributed by atoms with Crippen LogP contribution in [0.25, 0.3) is 11.1 Å². The molecule has 0 N–H and O–H groups in total. The van der Waals surface area contributed by atoms with E-state index in [4.69, 9.17) is 4.42 Å². The van der Waals surface area contributed by atoms with E-state index < -0.39 is 0 Å². The third-order valence-corrected chi connectivity index (χ3v) is 3.33. The average molecular weight is 302 g/mol. The lowest BCUT2D eigenvalue weighted by Crippen LogP contribution is -1.87. The topological polar surface area (TPSA) is 26.0 Å². The minimum absolute atomic E-state index is 0.715. The van der Waals surface area contributed by atoms with Gasteiger partial charge in [0.15, 0.2) is 11.5 Å². The first-order valence-electron chi connectivity index (χ1n) is 5.81. The van der Waals surface area contributed by atoms with Gasteiger partial charge in [-0.25, -0.2) is 4.98 Å². The second-order valence-electron chi connectivity index (χ2n) is 4.39. The Kier molecular flexibility index (Phi) is 2.92. The largest absolute Gasteiger partial charge is 0.440 e. The van der Waals surface area contributed by atoms with Crippen LogP contribution in [-0.2, 0) is 6.42 Å². The maximum Gasteiger partial charge on any atom is 0.199 e. The summed E-state index contributed by atoms with van der Waals surface area (Å²) in [4.78, 5) is 4.50. The molecule has 2 nitrogen and oxygen atoms in total. The summed E-state index contributed by atoms with van der Waals surface area (Å²) in [7, 11) is 0. The van der Waals surface area contributed by atoms with E-state index in [-0.39, 0.29) is 0 Å². The lowest BCUT2D eigenvalue weighted by Gasteiger charge is -1.97. The van der Waals surface area contributed by atoms with Gasteiger partial charge in [0.05, 0.1) is 0 Å². The van der Waals surface area contributed by atoms with Crippen LogP contribution in [-0.4, -0.2) is 4.98 Å². The lowest BCUT2D eigenvalue weighted by atomic mass is 10.1. The van der Waals surface area contributed by atoms with Crippen LogP contribution in [0.1, 0.15) is 17.0 Å². The summed E-state index contributed by atoms with van der Waals surface area (Å²) in [6, 6.07) is 14.3. The van der Waals surface area contributed by atoms with Gasteiger partial charge in [0.1, 0.15) is 5.52 Å². The van der Waals surface area contributed by atoms with Crippen LogP contribution in [0.15, 0.2) is 51.4 Å². The van der Waals surface area contributed by atoms with Gasteiger partial charge in [0.2, 0.25) is 0 Å². The van der Waals surface area contributed by atoms with Crippen LogP contribution in [0.2, 0.25) is 0 Å². The van der Waals surface area contributed by atoms with Gasteiger partial charge in [-0.1, -0.05) is 34.1 Å². The number of rotatable bonds is 2. The highest BCUT2D eigenvalue weighted by Gasteiger charge is 2.06. The molecule has 90 valence electrons. The Morgan fingerprint density at radius 1 is 1.17 bits per heavy atom. The fourth-order valence-corrected chi connectivity index (χ4v) is 2.42. The van der Waals surface area contributed by atoms with E-state index in [1.807, 2.05) is 30.3 Å². The van der Waals surface area contributed by atoms with Crippen molar-refractivity contribution in [2.24, 2.45) is 0 Å². The summed E-state index contributed by atoms with van der Waals surface area (Å²) in [5.74, 6) is 0.758. The van der Waals surface area contributed by atoms with E-state index in [0.29, 0.717) is 6.42 Å². The van der Waals surface area contributed by atoms with Crippen molar-refractivity contribution in [3.63, 3.8) is 0 Å². The number of hydrogen-bond acceptors (Lipinski definition) is 2. The Labute approximate surface area is 114 Å². The minimum Gasteiger partial charge on any atom is -0.440 e. The first-order valence-corrected chi connectivity index (χ1v) is 6.60. The van der Waals surface area contributed by atoms with Crippen molar-refractivity contribution in [3.05, 3.63) is 64.0 Å². The molecule has 3 heteroatoms. The smallest absolute Gasteiger partial charge is 0.199 e. The second kappa shape index (κ2) is 4.58. The zero-order valence-corrected chi connectivity index (χ0v) is 11.6. The van der Waals surface area contributed by atoms with Gasteiger partial charge in [-0.3, -0.25) is 0 Å². The Morgan fingerprint density at radius 2 is 2.06 bits per heavy atom. The monoisotopic (exact) mass is 301 g/mol. The zero-order chi connectivity index (χ0) is 12.5. The number of benzene rings is 2. The second-order valence-corrected chi connectivity index (χ2v) is 5.30. The molecule has 0 fully saturated rings. The number of oxazole rings is 1. The van der Waals surface area contributed by atoms with Gasteiger partial charge in [0, 0.05) is 10.9 Å². The molecule has 3 aromatic rings. The molecule has 3 rings (SSSR count). The summed E-state index contributed by atoms with van der Waals surface area (Å²) in [6.45, 7) is 2.05. The molecular formula is C15H12BrNO. The standard InChI is InChI=1S/C15H12BrNO/c1-10-5-6-13-14(7-10)18-15(17-13)9-11-3-2-4-12(16)8-11/h2-8H,9H2,1H3. The molecule has 0 aliphatic carbocycles. The van der Waals surface area contributed by atoms with Crippen LogP contribution >= 0.6 is 15.9 Å². The highest BCUT2D eigenvalue weighted by molar-refractivity contribution is 9.10. The Hall–Kier alpha value is -1.61. The van der Waals surface area contributed by atoms with Gasteiger partial charge in [-0.05, 0) is 42.3 Å². The summed E-state index contributed by atoms with van der Waals surface area (Å²) in [6.07, 6.45) is 0.715. The maximum atomic E-state index is 5.77. The fraction of sp³-hybridized carbons (Fsp3) is 0.133. The molecule has 18 heavy (non-hydrogen) atoms. The predicted molar refractivity (Wildman–Crippen MR) is 75.7 cm³/mol. The van der Waals surface area contributed by atoms with Gasteiger partial charge in [0.25, 0.3) is 0 Å². The van der Waals surface area contributed by atoms with Crippen molar-refractivity contribution in [2.75, 3.05) is 0 Å². The molecule has 0 bridgehead atoms. The number of halogens is 1. The minimum atomic E-state index is 0.715. The van der Waals surface area contributed by atoms with Gasteiger partial charge in [-0.2, -0.15) is 0 Å². The first-order chi connectivity index (χ1) is 8.70. The quantitative estimate of drug-likeness (QED) is 0.697. The number of aryl methyl sites for hydroxylation is 1. The summed E-state index contributed by atoms with van der Waals surface area (Å²) >= 11 is 3.47. The van der Waals surface area contributed by atoms with E-state index in [2.05, 4.69) is 40.0 Å². The summed E-state index contributed by atoms with van der Waals surface area (Å²) < 4.78 is 6.84. The Morgan fingerprint density at radius 3 is 2.89 bits per heavy atom. The molecular weight excluding hydrogens is 290 g/mol. The van der Waals surface area contributed by atoms with Gasteiger partial charge < -0.3 is 4.42 Å². The molecule has 0 aliphatic heterocycles. The highest BCUT2D eigenvalue weighted by Crippen LogP contribution is 2.20.